The van der Waals surface area contributed by atoms with Gasteiger partial charge < -0.3 is 16.4 Å². The second kappa shape index (κ2) is 9.20. The van der Waals surface area contributed by atoms with Crippen molar-refractivity contribution in [2.45, 2.75) is 64.5 Å². The number of hydrogen-bond donors (Lipinski definition) is 3. The zero-order valence-electron chi connectivity index (χ0n) is 15.0. The fraction of sp³-hybridized carbons (Fsp3) is 0.579. The van der Waals surface area contributed by atoms with Crippen LogP contribution < -0.4 is 16.4 Å². The predicted octanol–water partition coefficient (Wildman–Crippen LogP) is 3.71. The summed E-state index contributed by atoms with van der Waals surface area (Å²) in [6.07, 6.45) is 6.34. The molecule has 0 heterocycles. The third kappa shape index (κ3) is 5.44. The Hall–Kier alpha value is -1.59. The minimum absolute atomic E-state index is 0.0846. The largest absolute Gasteiger partial charge is 0.349 e. The standard InChI is InChI=1S/C19H28ClN3O2/c1-3-12(2)17(21)19(25)23-14-9-10-16(20)15(11-14)18(24)22-13-7-5-4-6-8-13/h9-13,17H,3-8,21H2,1-2H3,(H,22,24)(H,23,25). The number of amides is 2. The lowest BCUT2D eigenvalue weighted by atomic mass is 9.95. The summed E-state index contributed by atoms with van der Waals surface area (Å²) in [5.74, 6) is -0.365. The minimum Gasteiger partial charge on any atom is -0.349 e. The van der Waals surface area contributed by atoms with Gasteiger partial charge in [0, 0.05) is 11.7 Å². The van der Waals surface area contributed by atoms with Gasteiger partial charge in [0.25, 0.3) is 5.91 Å². The number of anilines is 1. The maximum absolute atomic E-state index is 12.5. The summed E-state index contributed by atoms with van der Waals surface area (Å²) in [4.78, 5) is 24.8. The van der Waals surface area contributed by atoms with Crippen LogP contribution in [0, 0.1) is 5.92 Å². The smallest absolute Gasteiger partial charge is 0.253 e. The van der Waals surface area contributed by atoms with Crippen molar-refractivity contribution in [1.82, 2.24) is 5.32 Å². The molecule has 6 heteroatoms. The predicted molar refractivity (Wildman–Crippen MR) is 102 cm³/mol. The molecule has 0 saturated heterocycles. The molecule has 1 aromatic carbocycles. The molecule has 4 N–H and O–H groups in total. The highest BCUT2D eigenvalue weighted by atomic mass is 35.5. The van der Waals surface area contributed by atoms with Crippen LogP contribution in [0.3, 0.4) is 0 Å². The van der Waals surface area contributed by atoms with Gasteiger partial charge >= 0.3 is 0 Å². The van der Waals surface area contributed by atoms with Crippen LogP contribution in [0.1, 0.15) is 62.7 Å². The van der Waals surface area contributed by atoms with E-state index in [2.05, 4.69) is 10.6 Å². The number of benzene rings is 1. The van der Waals surface area contributed by atoms with Gasteiger partial charge in [-0.15, -0.1) is 0 Å². The molecule has 138 valence electrons. The highest BCUT2D eigenvalue weighted by Gasteiger charge is 2.21. The van der Waals surface area contributed by atoms with Crippen molar-refractivity contribution < 1.29 is 9.59 Å². The Morgan fingerprint density at radius 3 is 2.60 bits per heavy atom. The number of nitrogens with two attached hydrogens (primary N) is 1. The zero-order valence-corrected chi connectivity index (χ0v) is 15.7. The van der Waals surface area contributed by atoms with Gasteiger partial charge in [0.15, 0.2) is 0 Å². The lowest BCUT2D eigenvalue weighted by Crippen LogP contribution is -2.40. The summed E-state index contributed by atoms with van der Waals surface area (Å²) in [5, 5.41) is 6.20. The monoisotopic (exact) mass is 365 g/mol. The number of hydrogen-bond acceptors (Lipinski definition) is 3. The number of carbonyl (C=O) groups is 2. The zero-order chi connectivity index (χ0) is 18.4. The van der Waals surface area contributed by atoms with E-state index >= 15 is 0 Å². The average Bonchev–Trinajstić information content (AvgIpc) is 2.62. The van der Waals surface area contributed by atoms with E-state index in [1.54, 1.807) is 18.2 Å². The second-order valence-corrected chi connectivity index (χ2v) is 7.31. The molecule has 0 aliphatic heterocycles. The Labute approximate surface area is 154 Å². The van der Waals surface area contributed by atoms with Gasteiger partial charge in [-0.2, -0.15) is 0 Å². The average molecular weight is 366 g/mol. The Balaban J connectivity index is 2.06. The second-order valence-electron chi connectivity index (χ2n) is 6.90. The number of halogens is 1. The van der Waals surface area contributed by atoms with Crippen molar-refractivity contribution in [2.24, 2.45) is 11.7 Å². The molecule has 0 radical (unpaired) electrons. The van der Waals surface area contributed by atoms with Crippen LogP contribution in [-0.2, 0) is 4.79 Å². The van der Waals surface area contributed by atoms with Gasteiger partial charge in [0.2, 0.25) is 5.91 Å². The first kappa shape index (κ1) is 19.7. The minimum atomic E-state index is -0.583. The topological polar surface area (TPSA) is 84.2 Å². The molecule has 5 nitrogen and oxygen atoms in total. The van der Waals surface area contributed by atoms with Gasteiger partial charge in [-0.1, -0.05) is 51.1 Å². The Kier molecular flexibility index (Phi) is 7.26. The van der Waals surface area contributed by atoms with Crippen molar-refractivity contribution in [2.75, 3.05) is 5.32 Å². The van der Waals surface area contributed by atoms with Crippen LogP contribution >= 0.6 is 11.6 Å². The maximum atomic E-state index is 12.5. The van der Waals surface area contributed by atoms with Gasteiger partial charge in [-0.05, 0) is 37.0 Å². The van der Waals surface area contributed by atoms with E-state index in [4.69, 9.17) is 17.3 Å². The molecule has 0 aromatic heterocycles. The fourth-order valence-corrected chi connectivity index (χ4v) is 3.23. The quantitative estimate of drug-likeness (QED) is 0.718. The summed E-state index contributed by atoms with van der Waals surface area (Å²) >= 11 is 6.18. The molecule has 2 atom stereocenters. The fourth-order valence-electron chi connectivity index (χ4n) is 3.03. The van der Waals surface area contributed by atoms with Crippen molar-refractivity contribution >= 4 is 29.1 Å². The molecule has 0 spiro atoms. The molecule has 1 aliphatic carbocycles. The number of nitrogens with one attached hydrogen (secondary N) is 2. The molecule has 2 amide bonds. The molecule has 2 unspecified atom stereocenters. The van der Waals surface area contributed by atoms with Crippen LogP contribution in [0.4, 0.5) is 5.69 Å². The van der Waals surface area contributed by atoms with Crippen molar-refractivity contribution in [3.05, 3.63) is 28.8 Å². The lowest BCUT2D eigenvalue weighted by Gasteiger charge is -2.23. The van der Waals surface area contributed by atoms with Crippen LogP contribution in [-0.4, -0.2) is 23.9 Å². The van der Waals surface area contributed by atoms with Gasteiger partial charge in [0.05, 0.1) is 16.6 Å². The van der Waals surface area contributed by atoms with Gasteiger partial charge in [-0.3, -0.25) is 9.59 Å². The Morgan fingerprint density at radius 1 is 1.28 bits per heavy atom. The Morgan fingerprint density at radius 2 is 1.96 bits per heavy atom. The molecular formula is C19H28ClN3O2. The molecule has 1 fully saturated rings. The molecular weight excluding hydrogens is 338 g/mol. The summed E-state index contributed by atoms with van der Waals surface area (Å²) in [7, 11) is 0. The van der Waals surface area contributed by atoms with E-state index in [1.165, 1.54) is 6.42 Å². The van der Waals surface area contributed by atoms with E-state index in [1.807, 2.05) is 13.8 Å². The molecule has 0 bridgehead atoms. The molecule has 1 aromatic rings. The highest BCUT2D eigenvalue weighted by molar-refractivity contribution is 6.34. The summed E-state index contributed by atoms with van der Waals surface area (Å²) in [6.45, 7) is 3.93. The first-order valence-electron chi connectivity index (χ1n) is 9.09. The molecule has 1 saturated carbocycles. The van der Waals surface area contributed by atoms with Crippen LogP contribution in [0.25, 0.3) is 0 Å². The molecule has 25 heavy (non-hydrogen) atoms. The van der Waals surface area contributed by atoms with E-state index in [-0.39, 0.29) is 23.8 Å². The third-order valence-corrected chi connectivity index (χ3v) is 5.31. The van der Waals surface area contributed by atoms with Crippen LogP contribution in [0.2, 0.25) is 5.02 Å². The van der Waals surface area contributed by atoms with E-state index in [0.717, 1.165) is 32.1 Å². The molecule has 2 rings (SSSR count). The number of carbonyl (C=O) groups excluding carboxylic acids is 2. The van der Waals surface area contributed by atoms with Crippen molar-refractivity contribution in [3.63, 3.8) is 0 Å². The maximum Gasteiger partial charge on any atom is 0.253 e. The lowest BCUT2D eigenvalue weighted by molar-refractivity contribution is -0.118. The summed E-state index contributed by atoms with van der Waals surface area (Å²) in [5.41, 5.74) is 6.86. The SMILES string of the molecule is CCC(C)C(N)C(=O)Nc1ccc(Cl)c(C(=O)NC2CCCCC2)c1. The highest BCUT2D eigenvalue weighted by Crippen LogP contribution is 2.23. The normalized spacial score (nSPS) is 17.6. The van der Waals surface area contributed by atoms with Gasteiger partial charge in [0.1, 0.15) is 0 Å². The summed E-state index contributed by atoms with van der Waals surface area (Å²) in [6, 6.07) is 4.54. The van der Waals surface area contributed by atoms with Crippen LogP contribution in [0.5, 0.6) is 0 Å². The van der Waals surface area contributed by atoms with E-state index < -0.39 is 6.04 Å². The van der Waals surface area contributed by atoms with E-state index in [9.17, 15) is 9.59 Å². The summed E-state index contributed by atoms with van der Waals surface area (Å²) < 4.78 is 0. The van der Waals surface area contributed by atoms with Crippen LogP contribution in [0.15, 0.2) is 18.2 Å². The Bertz CT molecular complexity index is 615. The number of rotatable bonds is 6. The third-order valence-electron chi connectivity index (χ3n) is 4.98. The first-order chi connectivity index (χ1) is 11.9. The van der Waals surface area contributed by atoms with Crippen molar-refractivity contribution in [1.29, 1.82) is 0 Å². The van der Waals surface area contributed by atoms with Gasteiger partial charge in [-0.25, -0.2) is 0 Å². The van der Waals surface area contributed by atoms with Crippen molar-refractivity contribution in [3.8, 4) is 0 Å². The first-order valence-corrected chi connectivity index (χ1v) is 9.47. The molecule has 1 aliphatic rings. The van der Waals surface area contributed by atoms with E-state index in [0.29, 0.717) is 16.3 Å².